The fourth-order valence-corrected chi connectivity index (χ4v) is 8.08. The van der Waals surface area contributed by atoms with Gasteiger partial charge in [0.2, 0.25) is 0 Å². The van der Waals surface area contributed by atoms with Gasteiger partial charge in [0, 0.05) is 89.5 Å². The summed E-state index contributed by atoms with van der Waals surface area (Å²) in [6.45, 7) is 13.2. The molecule has 0 aliphatic heterocycles. The molecule has 0 aliphatic carbocycles. The van der Waals surface area contributed by atoms with Crippen LogP contribution in [0.2, 0.25) is 0 Å². The van der Waals surface area contributed by atoms with Gasteiger partial charge in [-0.3, -0.25) is 4.79 Å². The molecule has 564 valence electrons. The van der Waals surface area contributed by atoms with E-state index >= 15 is 0 Å². The van der Waals surface area contributed by atoms with E-state index in [2.05, 4.69) is 139 Å². The predicted molar refractivity (Wildman–Crippen MR) is 425 cm³/mol. The molecule has 0 atom stereocenters. The number of carbonyl (C=O) groups excluding carboxylic acids is 2. The SMILES string of the molecule is C#CC#CC#CC#COc1cnc(-c2ccc(O)cc2)nc1.C=C(N)c1ccc(O)cc1.CC/C=C(/C)CN(C)C.CCCCCCCCCC=O.CO/C=C\C=O.Cc1cnc(-c2ccc(O)cc2)nc1.N#Cc1ccc(O)cc1.Oc1ccc(-c2ncc(O)cn2)cc1.Oc1ccc(-c2ncccn2)cc1.[Na+].[OH-]. The molecule has 0 bridgehead atoms. The maximum absolute atomic E-state index is 9.94. The van der Waals surface area contributed by atoms with Gasteiger partial charge in [0.1, 0.15) is 53.2 Å². The molecule has 0 saturated carbocycles. The summed E-state index contributed by atoms with van der Waals surface area (Å²) >= 11 is 0. The number of nitriles is 1. The number of aldehydes is 2. The van der Waals surface area contributed by atoms with E-state index in [-0.39, 0.29) is 75.3 Å². The molecule has 0 saturated heterocycles. The van der Waals surface area contributed by atoms with Gasteiger partial charge in [-0.05, 0) is 221 Å². The Kier molecular flexibility index (Phi) is 53.7. The number of aryl methyl sites for hydroxylation is 1. The van der Waals surface area contributed by atoms with Crippen molar-refractivity contribution in [1.29, 1.82) is 5.26 Å². The molecular formula is C86H92N11NaO12. The normalized spacial score (nSPS) is 9.35. The van der Waals surface area contributed by atoms with Crippen molar-refractivity contribution in [2.24, 2.45) is 5.73 Å². The number of rotatable bonds is 19. The molecule has 10 aromatic rings. The van der Waals surface area contributed by atoms with Crippen molar-refractivity contribution in [3.05, 3.63) is 248 Å². The number of methoxy groups -OCH3 is 1. The second-order valence-corrected chi connectivity index (χ2v) is 22.5. The number of unbranched alkanes of at least 4 members (excludes halogenated alkanes) is 7. The van der Waals surface area contributed by atoms with Gasteiger partial charge in [0.05, 0.1) is 49.8 Å². The first kappa shape index (κ1) is 96.8. The Bertz CT molecular complexity index is 4340. The van der Waals surface area contributed by atoms with Crippen LogP contribution in [0, 0.1) is 66.3 Å². The first-order chi connectivity index (χ1) is 52.2. The fraction of sp³-hybridized carbons (Fsp3) is 0.198. The molecule has 0 unspecified atom stereocenters. The average Bonchev–Trinajstić information content (AvgIpc) is 0.874. The summed E-state index contributed by atoms with van der Waals surface area (Å²) in [5, 5.41) is 71.4. The first-order valence-electron chi connectivity index (χ1n) is 33.7. The van der Waals surface area contributed by atoms with Gasteiger partial charge in [-0.2, -0.15) is 5.26 Å². The molecule has 6 aromatic carbocycles. The number of allylic oxidation sites excluding steroid dienone is 2. The summed E-state index contributed by atoms with van der Waals surface area (Å²) < 4.78 is 9.48. The summed E-state index contributed by atoms with van der Waals surface area (Å²) in [5.74, 6) is 18.4. The number of carbonyl (C=O) groups is 2. The Morgan fingerprint density at radius 2 is 0.927 bits per heavy atom. The van der Waals surface area contributed by atoms with Crippen LogP contribution >= 0.6 is 0 Å². The van der Waals surface area contributed by atoms with E-state index in [1.165, 1.54) is 100 Å². The van der Waals surface area contributed by atoms with E-state index in [0.29, 0.717) is 46.6 Å². The number of terminal acetylenes is 1. The van der Waals surface area contributed by atoms with Gasteiger partial charge >= 0.3 is 29.6 Å². The van der Waals surface area contributed by atoms with Crippen molar-refractivity contribution in [1.82, 2.24) is 44.8 Å². The van der Waals surface area contributed by atoms with Crippen molar-refractivity contribution in [3.8, 4) is 146 Å². The van der Waals surface area contributed by atoms with E-state index in [1.54, 1.807) is 164 Å². The van der Waals surface area contributed by atoms with E-state index in [0.717, 1.165) is 65.5 Å². The number of hydrogen-bond acceptors (Lipinski definition) is 23. The number of phenols is 6. The predicted octanol–water partition coefficient (Wildman–Crippen LogP) is 12.4. The molecule has 0 fully saturated rings. The third kappa shape index (κ3) is 46.6. The Labute approximate surface area is 667 Å². The van der Waals surface area contributed by atoms with Crippen LogP contribution in [0.5, 0.6) is 46.0 Å². The summed E-state index contributed by atoms with van der Waals surface area (Å²) in [5.41, 5.74) is 13.2. The Morgan fingerprint density at radius 3 is 1.30 bits per heavy atom. The summed E-state index contributed by atoms with van der Waals surface area (Å²) in [6, 6.07) is 43.1. The zero-order chi connectivity index (χ0) is 79.4. The largest absolute Gasteiger partial charge is 1.00 e. The maximum atomic E-state index is 9.94. The van der Waals surface area contributed by atoms with E-state index in [4.69, 9.17) is 52.8 Å². The number of hydrogen-bond donors (Lipinski definition) is 8. The minimum atomic E-state index is 0. The van der Waals surface area contributed by atoms with Crippen LogP contribution < -0.4 is 40.0 Å². The molecule has 10 N–H and O–H groups in total. The van der Waals surface area contributed by atoms with Crippen LogP contribution in [0.1, 0.15) is 95.2 Å². The second-order valence-electron chi connectivity index (χ2n) is 22.5. The van der Waals surface area contributed by atoms with Gasteiger partial charge in [-0.1, -0.05) is 70.6 Å². The standard InChI is InChI=1S/C18H8N2O2.C11H10N2O.C10H8N2O2.C10H8N2O.C10H20O.C8H9NO.C8H17N.C7H5NO.C4H6O2.Na.H2O/c1-2-3-4-5-6-7-12-22-17-13-19-18(20-14-17)15-8-10-16(21)11-9-15;1-8-6-12-11(13-7-8)9-2-4-10(14)5-3-9;13-8-3-1-7(2-4-8)10-11-5-9(14)6-12-10;13-9-4-2-8(3-5-9)10-11-6-1-7-12-10;1-2-3-4-5-6-7-8-9-10-11;1-6(9)7-2-4-8(10)5-3-7;1-5-6-8(2)7-9(3)4;8-5-6-1-3-7(9)4-2-6;1-6-4-2-3-5;;/h1,8-11,13-14,21H;2-7,14H,1H3;1-6,13-14H;1-7,13H;10H,2-9H2,1H3;2-5,10H,1,9H2;6H,5,7H2,1-4H3;1-4,9H;2-4H,1H3;;1H2/q;;;;;;;;;+1;/p-1/b;;;;;;8-6-;;4-2-;;. The van der Waals surface area contributed by atoms with E-state index in [1.807, 2.05) is 13.0 Å². The van der Waals surface area contributed by atoms with Crippen molar-refractivity contribution in [2.75, 3.05) is 27.7 Å². The Hall–Kier alpha value is -13.2. The Morgan fingerprint density at radius 1 is 0.545 bits per heavy atom. The van der Waals surface area contributed by atoms with Gasteiger partial charge in [0.15, 0.2) is 34.8 Å². The molecule has 0 amide bonds. The van der Waals surface area contributed by atoms with Crippen LogP contribution in [0.4, 0.5) is 0 Å². The molecule has 0 aliphatic rings. The van der Waals surface area contributed by atoms with Crippen molar-refractivity contribution >= 4 is 18.3 Å². The molecule has 23 nitrogen and oxygen atoms in total. The van der Waals surface area contributed by atoms with E-state index < -0.39 is 0 Å². The third-order valence-corrected chi connectivity index (χ3v) is 13.2. The number of ether oxygens (including phenoxy) is 2. The molecule has 0 spiro atoms. The first-order valence-corrected chi connectivity index (χ1v) is 33.7. The molecule has 24 heteroatoms. The van der Waals surface area contributed by atoms with E-state index in [9.17, 15) is 14.7 Å². The topological polar surface area (TPSA) is 380 Å². The minimum Gasteiger partial charge on any atom is -0.870 e. The Balaban J connectivity index is 0.00000124. The summed E-state index contributed by atoms with van der Waals surface area (Å²) in [6.07, 6.45) is 37.4. The number of nitrogens with zero attached hydrogens (tertiary/aromatic N) is 10. The zero-order valence-corrected chi connectivity index (χ0v) is 65.1. The quantitative estimate of drug-likeness (QED) is 0.00709. The van der Waals surface area contributed by atoms with Crippen LogP contribution in [0.15, 0.2) is 232 Å². The zero-order valence-electron chi connectivity index (χ0n) is 63.1. The molecule has 4 aromatic heterocycles. The number of nitrogens with two attached hydrogens (primary N) is 1. The summed E-state index contributed by atoms with van der Waals surface area (Å²) in [4.78, 5) is 54.2. The number of likely N-dealkylation sites (N-methyl/N-ethyl adjacent to an activating group) is 1. The van der Waals surface area contributed by atoms with Gasteiger partial charge in [0.25, 0.3) is 0 Å². The number of phenolic OH excluding ortho intramolecular Hbond substituents is 6. The van der Waals surface area contributed by atoms with Crippen molar-refractivity contribution in [3.63, 3.8) is 0 Å². The van der Waals surface area contributed by atoms with Crippen LogP contribution in [0.25, 0.3) is 51.2 Å². The van der Waals surface area contributed by atoms with Crippen molar-refractivity contribution < 1.29 is 89.8 Å². The third-order valence-electron chi connectivity index (χ3n) is 13.2. The van der Waals surface area contributed by atoms with Crippen molar-refractivity contribution in [2.45, 2.75) is 85.5 Å². The molecule has 0 radical (unpaired) electrons. The van der Waals surface area contributed by atoms with Crippen LogP contribution in [-0.4, -0.2) is 126 Å². The maximum Gasteiger partial charge on any atom is 1.00 e. The molecular weight excluding hydrogens is 1400 g/mol. The second kappa shape index (κ2) is 61.0. The van der Waals surface area contributed by atoms with Gasteiger partial charge < -0.3 is 66.1 Å². The monoisotopic (exact) mass is 1490 g/mol. The van der Waals surface area contributed by atoms with Gasteiger partial charge in [-0.25, -0.2) is 39.9 Å². The smallest absolute Gasteiger partial charge is 0.870 e. The van der Waals surface area contributed by atoms with Crippen LogP contribution in [-0.2, 0) is 14.3 Å². The molecule has 4 heterocycles. The number of aromatic hydroxyl groups is 7. The number of aromatic nitrogens is 8. The summed E-state index contributed by atoms with van der Waals surface area (Å²) in [7, 11) is 5.67. The molecule has 110 heavy (non-hydrogen) atoms. The van der Waals surface area contributed by atoms with Gasteiger partial charge in [-0.15, -0.1) is 6.42 Å². The molecule has 10 rings (SSSR count). The number of benzene rings is 6. The fourth-order valence-electron chi connectivity index (χ4n) is 8.08. The average molecular weight is 1490 g/mol. The van der Waals surface area contributed by atoms with Crippen LogP contribution in [0.3, 0.4) is 0 Å². The minimum absolute atomic E-state index is 0.